The van der Waals surface area contributed by atoms with E-state index in [0.717, 1.165) is 29.2 Å². The molecule has 5 rings (SSSR count). The van der Waals surface area contributed by atoms with Gasteiger partial charge in [0.2, 0.25) is 0 Å². The van der Waals surface area contributed by atoms with Crippen molar-refractivity contribution in [2.75, 3.05) is 11.9 Å². The number of carbonyl (C=O) groups excluding carboxylic acids is 1. The summed E-state index contributed by atoms with van der Waals surface area (Å²) in [7, 11) is 0. The van der Waals surface area contributed by atoms with E-state index in [1.807, 2.05) is 40.6 Å². The number of thiazole rings is 1. The second-order valence-corrected chi connectivity index (χ2v) is 7.79. The Morgan fingerprint density at radius 2 is 1.75 bits per heavy atom. The first kappa shape index (κ1) is 17.0. The summed E-state index contributed by atoms with van der Waals surface area (Å²) in [5.74, 6) is -0.00303. The molecule has 1 N–H and O–H groups in total. The smallest absolute Gasteiger partial charge is 0.273 e. The van der Waals surface area contributed by atoms with Crippen molar-refractivity contribution < 1.29 is 4.79 Å². The van der Waals surface area contributed by atoms with Crippen LogP contribution in [0.2, 0.25) is 0 Å². The normalized spacial score (nSPS) is 13.4. The highest BCUT2D eigenvalue weighted by atomic mass is 32.1. The largest absolute Gasteiger partial charge is 0.333 e. The molecule has 138 valence electrons. The molecule has 0 fully saturated rings. The van der Waals surface area contributed by atoms with Crippen molar-refractivity contribution in [3.63, 3.8) is 0 Å². The minimum Gasteiger partial charge on any atom is -0.333 e. The molecule has 0 aliphatic carbocycles. The highest BCUT2D eigenvalue weighted by Crippen LogP contribution is 2.28. The van der Waals surface area contributed by atoms with E-state index in [0.29, 0.717) is 12.2 Å². The lowest BCUT2D eigenvalue weighted by Gasteiger charge is -2.28. The van der Waals surface area contributed by atoms with Gasteiger partial charge in [0, 0.05) is 29.5 Å². The van der Waals surface area contributed by atoms with E-state index in [4.69, 9.17) is 0 Å². The van der Waals surface area contributed by atoms with Crippen molar-refractivity contribution in [2.24, 2.45) is 0 Å². The molecule has 0 saturated carbocycles. The van der Waals surface area contributed by atoms with Gasteiger partial charge >= 0.3 is 0 Å². The van der Waals surface area contributed by atoms with Crippen molar-refractivity contribution in [3.8, 4) is 0 Å². The lowest BCUT2D eigenvalue weighted by Crippen LogP contribution is -2.36. The first-order valence-electron chi connectivity index (χ1n) is 9.34. The lowest BCUT2D eigenvalue weighted by atomic mass is 10.00. The molecule has 1 aliphatic heterocycles. The highest BCUT2D eigenvalue weighted by molar-refractivity contribution is 7.14. The van der Waals surface area contributed by atoms with Crippen LogP contribution in [0, 0.1) is 0 Å². The average Bonchev–Trinajstić information content (AvgIpc) is 3.22. The molecule has 1 amide bonds. The van der Waals surface area contributed by atoms with Gasteiger partial charge in [-0.25, -0.2) is 4.98 Å². The monoisotopic (exact) mass is 385 g/mol. The predicted molar refractivity (Wildman–Crippen MR) is 114 cm³/mol. The van der Waals surface area contributed by atoms with Crippen LogP contribution in [0.5, 0.6) is 0 Å². The van der Waals surface area contributed by atoms with Gasteiger partial charge in [0.1, 0.15) is 5.69 Å². The van der Waals surface area contributed by atoms with Gasteiger partial charge in [-0.3, -0.25) is 4.79 Å². The van der Waals surface area contributed by atoms with Crippen LogP contribution in [0.4, 0.5) is 10.8 Å². The van der Waals surface area contributed by atoms with E-state index in [1.165, 1.54) is 27.8 Å². The summed E-state index contributed by atoms with van der Waals surface area (Å²) >= 11 is 1.46. The molecule has 5 heteroatoms. The van der Waals surface area contributed by atoms with Crippen LogP contribution < -0.4 is 5.32 Å². The molecule has 0 bridgehead atoms. The molecule has 0 atom stereocenters. The Bertz CT molecular complexity index is 1160. The first-order valence-corrected chi connectivity index (χ1v) is 10.2. The molecule has 4 nitrogen and oxygen atoms in total. The third-order valence-corrected chi connectivity index (χ3v) is 5.93. The summed E-state index contributed by atoms with van der Waals surface area (Å²) < 4.78 is 0. The van der Waals surface area contributed by atoms with Gasteiger partial charge in [0.15, 0.2) is 5.13 Å². The van der Waals surface area contributed by atoms with Gasteiger partial charge in [-0.15, -0.1) is 11.3 Å². The molecular formula is C23H19N3OS. The van der Waals surface area contributed by atoms with E-state index in [1.54, 1.807) is 0 Å². The molecule has 4 aromatic rings. The summed E-state index contributed by atoms with van der Waals surface area (Å²) in [5, 5.41) is 8.27. The van der Waals surface area contributed by atoms with Crippen molar-refractivity contribution in [1.29, 1.82) is 0 Å². The van der Waals surface area contributed by atoms with Crippen molar-refractivity contribution in [1.82, 2.24) is 9.88 Å². The highest BCUT2D eigenvalue weighted by Gasteiger charge is 2.23. The summed E-state index contributed by atoms with van der Waals surface area (Å²) in [6.45, 7) is 1.39. The van der Waals surface area contributed by atoms with Crippen LogP contribution in [-0.4, -0.2) is 22.3 Å². The Kier molecular flexibility index (Phi) is 4.29. The second kappa shape index (κ2) is 7.09. The van der Waals surface area contributed by atoms with Crippen LogP contribution in [0.1, 0.15) is 21.6 Å². The maximum absolute atomic E-state index is 12.9. The number of rotatable bonds is 3. The number of aromatic nitrogens is 1. The minimum absolute atomic E-state index is 0.00303. The molecule has 28 heavy (non-hydrogen) atoms. The van der Waals surface area contributed by atoms with Crippen molar-refractivity contribution in [2.45, 2.75) is 13.0 Å². The molecule has 1 aliphatic rings. The molecule has 3 aromatic carbocycles. The van der Waals surface area contributed by atoms with Crippen LogP contribution in [-0.2, 0) is 13.0 Å². The second-order valence-electron chi connectivity index (χ2n) is 6.94. The zero-order valence-electron chi connectivity index (χ0n) is 15.3. The zero-order chi connectivity index (χ0) is 18.9. The van der Waals surface area contributed by atoms with Crippen LogP contribution >= 0.6 is 11.3 Å². The Labute approximate surface area is 167 Å². The standard InChI is InChI=1S/C23H19N3OS/c27-22(26-13-12-16-6-1-2-8-18(16)14-26)21-15-28-23(25-21)24-20-11-5-9-17-7-3-4-10-19(17)20/h1-11,15H,12-14H2,(H,24,25). The lowest BCUT2D eigenvalue weighted by molar-refractivity contribution is 0.0729. The number of nitrogens with one attached hydrogen (secondary N) is 1. The summed E-state index contributed by atoms with van der Waals surface area (Å²) in [6, 6.07) is 22.7. The van der Waals surface area contributed by atoms with E-state index in [-0.39, 0.29) is 5.91 Å². The quantitative estimate of drug-likeness (QED) is 0.525. The number of fused-ring (bicyclic) bond motifs is 2. The Morgan fingerprint density at radius 3 is 2.68 bits per heavy atom. The zero-order valence-corrected chi connectivity index (χ0v) is 16.1. The number of benzene rings is 3. The molecular weight excluding hydrogens is 366 g/mol. The number of hydrogen-bond donors (Lipinski definition) is 1. The fourth-order valence-corrected chi connectivity index (χ4v) is 4.41. The molecule has 0 saturated heterocycles. The fourth-order valence-electron chi connectivity index (χ4n) is 3.71. The third kappa shape index (κ3) is 3.14. The van der Waals surface area contributed by atoms with Gasteiger partial charge in [-0.1, -0.05) is 60.7 Å². The van der Waals surface area contributed by atoms with Gasteiger partial charge in [-0.2, -0.15) is 0 Å². The van der Waals surface area contributed by atoms with Crippen LogP contribution in [0.25, 0.3) is 10.8 Å². The SMILES string of the molecule is O=C(c1csc(Nc2cccc3ccccc23)n1)N1CCc2ccccc2C1. The number of amides is 1. The molecule has 0 spiro atoms. The third-order valence-electron chi connectivity index (χ3n) is 5.17. The molecule has 1 aromatic heterocycles. The van der Waals surface area contributed by atoms with Crippen LogP contribution in [0.15, 0.2) is 72.1 Å². The molecule has 0 unspecified atom stereocenters. The van der Waals surface area contributed by atoms with Gasteiger partial charge in [0.25, 0.3) is 5.91 Å². The van der Waals surface area contributed by atoms with E-state index in [9.17, 15) is 4.79 Å². The Balaban J connectivity index is 1.35. The minimum atomic E-state index is -0.00303. The van der Waals surface area contributed by atoms with Crippen molar-refractivity contribution in [3.05, 3.63) is 88.9 Å². The van der Waals surface area contributed by atoms with Crippen LogP contribution in [0.3, 0.4) is 0 Å². The summed E-state index contributed by atoms with van der Waals surface area (Å²) in [5.41, 5.74) is 4.07. The number of nitrogens with zero attached hydrogens (tertiary/aromatic N) is 2. The molecule has 0 radical (unpaired) electrons. The van der Waals surface area contributed by atoms with Crippen molar-refractivity contribution >= 4 is 38.8 Å². The number of hydrogen-bond acceptors (Lipinski definition) is 4. The summed E-state index contributed by atoms with van der Waals surface area (Å²) in [4.78, 5) is 19.4. The number of carbonyl (C=O) groups is 1. The topological polar surface area (TPSA) is 45.2 Å². The Hall–Kier alpha value is -3.18. The first-order chi connectivity index (χ1) is 13.8. The predicted octanol–water partition coefficient (Wildman–Crippen LogP) is 5.24. The van der Waals surface area contributed by atoms with E-state index in [2.05, 4.69) is 46.7 Å². The fraction of sp³-hybridized carbons (Fsp3) is 0.130. The average molecular weight is 385 g/mol. The van der Waals surface area contributed by atoms with Gasteiger partial charge in [0.05, 0.1) is 0 Å². The van der Waals surface area contributed by atoms with Gasteiger partial charge in [-0.05, 0) is 29.0 Å². The van der Waals surface area contributed by atoms with E-state index >= 15 is 0 Å². The maximum atomic E-state index is 12.9. The van der Waals surface area contributed by atoms with E-state index < -0.39 is 0 Å². The van der Waals surface area contributed by atoms with Gasteiger partial charge < -0.3 is 10.2 Å². The molecule has 2 heterocycles. The maximum Gasteiger partial charge on any atom is 0.273 e. The Morgan fingerprint density at radius 1 is 0.964 bits per heavy atom. The summed E-state index contributed by atoms with van der Waals surface area (Å²) in [6.07, 6.45) is 0.896. The number of anilines is 2.